The van der Waals surface area contributed by atoms with Gasteiger partial charge >= 0.3 is 0 Å². The van der Waals surface area contributed by atoms with Crippen LogP contribution in [0.25, 0.3) is 0 Å². The van der Waals surface area contributed by atoms with Gasteiger partial charge in [0, 0.05) is 10.9 Å². The van der Waals surface area contributed by atoms with E-state index < -0.39 is 6.10 Å². The van der Waals surface area contributed by atoms with Crippen LogP contribution in [0.1, 0.15) is 28.4 Å². The van der Waals surface area contributed by atoms with Crippen LogP contribution in [-0.2, 0) is 6.42 Å². The smallest absolute Gasteiger partial charge is 0.118 e. The predicted molar refractivity (Wildman–Crippen MR) is 85.3 cm³/mol. The van der Waals surface area contributed by atoms with E-state index in [1.165, 1.54) is 0 Å². The molecule has 106 valence electrons. The summed E-state index contributed by atoms with van der Waals surface area (Å²) in [5, 5.41) is 10.5. The fourth-order valence-corrected chi connectivity index (χ4v) is 2.71. The molecule has 2 aromatic carbocycles. The Balaban J connectivity index is 2.18. The summed E-state index contributed by atoms with van der Waals surface area (Å²) in [5.74, 6) is 0.832. The maximum atomic E-state index is 10.5. The molecule has 3 heteroatoms. The summed E-state index contributed by atoms with van der Waals surface area (Å²) in [4.78, 5) is 0. The van der Waals surface area contributed by atoms with Crippen LogP contribution < -0.4 is 4.74 Å². The SMILES string of the molecule is COc1ccc(CC(O)c2cc(C)c(Br)cc2C)cc1. The topological polar surface area (TPSA) is 29.5 Å². The summed E-state index contributed by atoms with van der Waals surface area (Å²) in [6.45, 7) is 4.06. The molecule has 0 fully saturated rings. The zero-order chi connectivity index (χ0) is 14.7. The fraction of sp³-hybridized carbons (Fsp3) is 0.294. The molecule has 20 heavy (non-hydrogen) atoms. The van der Waals surface area contributed by atoms with Crippen LogP contribution in [-0.4, -0.2) is 12.2 Å². The van der Waals surface area contributed by atoms with Crippen molar-refractivity contribution >= 4 is 15.9 Å². The summed E-state index contributed by atoms with van der Waals surface area (Å²) in [6.07, 6.45) is 0.113. The molecule has 1 N–H and O–H groups in total. The third kappa shape index (κ3) is 3.41. The molecular weight excluding hydrogens is 316 g/mol. The van der Waals surface area contributed by atoms with Gasteiger partial charge in [-0.05, 0) is 54.3 Å². The average Bonchev–Trinajstić information content (AvgIpc) is 2.43. The molecular formula is C17H19BrO2. The molecule has 0 aliphatic heterocycles. The second-order valence-electron chi connectivity index (χ2n) is 5.03. The van der Waals surface area contributed by atoms with Gasteiger partial charge in [0.2, 0.25) is 0 Å². The summed E-state index contributed by atoms with van der Waals surface area (Å²) in [5.41, 5.74) is 4.32. The van der Waals surface area contributed by atoms with Gasteiger partial charge in [-0.15, -0.1) is 0 Å². The molecule has 0 aromatic heterocycles. The van der Waals surface area contributed by atoms with E-state index in [2.05, 4.69) is 22.0 Å². The number of halogens is 1. The first-order valence-electron chi connectivity index (χ1n) is 6.59. The minimum Gasteiger partial charge on any atom is -0.497 e. The molecule has 0 aliphatic rings. The molecule has 0 bridgehead atoms. The van der Waals surface area contributed by atoms with Crippen molar-refractivity contribution in [2.45, 2.75) is 26.4 Å². The normalized spacial score (nSPS) is 12.2. The monoisotopic (exact) mass is 334 g/mol. The van der Waals surface area contributed by atoms with E-state index in [4.69, 9.17) is 4.74 Å². The minimum absolute atomic E-state index is 0.491. The maximum Gasteiger partial charge on any atom is 0.118 e. The summed E-state index contributed by atoms with van der Waals surface area (Å²) < 4.78 is 6.22. The number of aliphatic hydroxyl groups is 1. The van der Waals surface area contributed by atoms with Crippen molar-refractivity contribution in [2.75, 3.05) is 7.11 Å². The summed E-state index contributed by atoms with van der Waals surface area (Å²) in [7, 11) is 1.65. The Bertz CT molecular complexity index is 591. The number of rotatable bonds is 4. The zero-order valence-electron chi connectivity index (χ0n) is 12.0. The van der Waals surface area contributed by atoms with E-state index in [-0.39, 0.29) is 0 Å². The van der Waals surface area contributed by atoms with Crippen LogP contribution in [0, 0.1) is 13.8 Å². The van der Waals surface area contributed by atoms with Crippen molar-refractivity contribution < 1.29 is 9.84 Å². The highest BCUT2D eigenvalue weighted by molar-refractivity contribution is 9.10. The number of aliphatic hydroxyl groups excluding tert-OH is 1. The Labute approximate surface area is 128 Å². The molecule has 0 saturated heterocycles. The minimum atomic E-state index is -0.491. The van der Waals surface area contributed by atoms with Crippen molar-refractivity contribution in [2.24, 2.45) is 0 Å². The molecule has 0 aliphatic carbocycles. The van der Waals surface area contributed by atoms with E-state index in [9.17, 15) is 5.11 Å². The van der Waals surface area contributed by atoms with Gasteiger partial charge in [-0.2, -0.15) is 0 Å². The maximum absolute atomic E-state index is 10.5. The van der Waals surface area contributed by atoms with E-state index in [1.54, 1.807) is 7.11 Å². The first-order valence-corrected chi connectivity index (χ1v) is 7.38. The van der Waals surface area contributed by atoms with Gasteiger partial charge in [0.25, 0.3) is 0 Å². The van der Waals surface area contributed by atoms with Gasteiger partial charge in [0.05, 0.1) is 13.2 Å². The Morgan fingerprint density at radius 2 is 1.75 bits per heavy atom. The zero-order valence-corrected chi connectivity index (χ0v) is 13.6. The first kappa shape index (κ1) is 15.1. The van der Waals surface area contributed by atoms with Crippen molar-refractivity contribution in [3.63, 3.8) is 0 Å². The number of hydrogen-bond acceptors (Lipinski definition) is 2. The van der Waals surface area contributed by atoms with E-state index >= 15 is 0 Å². The highest BCUT2D eigenvalue weighted by atomic mass is 79.9. The largest absolute Gasteiger partial charge is 0.497 e. The van der Waals surface area contributed by atoms with Crippen LogP contribution >= 0.6 is 15.9 Å². The second kappa shape index (κ2) is 6.42. The first-order chi connectivity index (χ1) is 9.51. The summed E-state index contributed by atoms with van der Waals surface area (Å²) in [6, 6.07) is 11.9. The molecule has 0 amide bonds. The molecule has 1 atom stereocenters. The van der Waals surface area contributed by atoms with Gasteiger partial charge in [-0.1, -0.05) is 34.1 Å². The molecule has 0 saturated carbocycles. The molecule has 2 rings (SSSR count). The van der Waals surface area contributed by atoms with Gasteiger partial charge in [-0.3, -0.25) is 0 Å². The predicted octanol–water partition coefficient (Wildman–Crippen LogP) is 4.35. The quantitative estimate of drug-likeness (QED) is 0.900. The Hall–Kier alpha value is -1.32. The molecule has 0 spiro atoms. The summed E-state index contributed by atoms with van der Waals surface area (Å²) >= 11 is 3.52. The number of aryl methyl sites for hydroxylation is 2. The highest BCUT2D eigenvalue weighted by Crippen LogP contribution is 2.27. The Morgan fingerprint density at radius 1 is 1.10 bits per heavy atom. The number of hydrogen-bond donors (Lipinski definition) is 1. The van der Waals surface area contributed by atoms with Gasteiger partial charge in [0.15, 0.2) is 0 Å². The molecule has 2 aromatic rings. The number of methoxy groups -OCH3 is 1. The molecule has 2 nitrogen and oxygen atoms in total. The third-order valence-corrected chi connectivity index (χ3v) is 4.35. The standard InChI is InChI=1S/C17H19BrO2/c1-11-9-16(18)12(2)8-15(11)17(19)10-13-4-6-14(20-3)7-5-13/h4-9,17,19H,10H2,1-3H3. The Morgan fingerprint density at radius 3 is 2.35 bits per heavy atom. The number of ether oxygens (including phenoxy) is 1. The van der Waals surface area contributed by atoms with E-state index in [1.807, 2.05) is 44.2 Å². The Kier molecular flexibility index (Phi) is 4.84. The van der Waals surface area contributed by atoms with Crippen LogP contribution in [0.2, 0.25) is 0 Å². The third-order valence-electron chi connectivity index (χ3n) is 3.49. The van der Waals surface area contributed by atoms with E-state index in [0.29, 0.717) is 6.42 Å². The second-order valence-corrected chi connectivity index (χ2v) is 5.88. The lowest BCUT2D eigenvalue weighted by molar-refractivity contribution is 0.177. The molecule has 1 unspecified atom stereocenters. The van der Waals surface area contributed by atoms with E-state index in [0.717, 1.165) is 32.5 Å². The van der Waals surface area contributed by atoms with Gasteiger partial charge in [-0.25, -0.2) is 0 Å². The molecule has 0 radical (unpaired) electrons. The lowest BCUT2D eigenvalue weighted by Gasteiger charge is -2.16. The van der Waals surface area contributed by atoms with Crippen molar-refractivity contribution in [1.82, 2.24) is 0 Å². The van der Waals surface area contributed by atoms with Crippen LogP contribution in [0.5, 0.6) is 5.75 Å². The van der Waals surface area contributed by atoms with Crippen LogP contribution in [0.4, 0.5) is 0 Å². The number of benzene rings is 2. The van der Waals surface area contributed by atoms with Crippen molar-refractivity contribution in [3.8, 4) is 5.75 Å². The molecule has 0 heterocycles. The van der Waals surface area contributed by atoms with Crippen molar-refractivity contribution in [3.05, 3.63) is 63.1 Å². The van der Waals surface area contributed by atoms with Crippen LogP contribution in [0.3, 0.4) is 0 Å². The fourth-order valence-electron chi connectivity index (χ4n) is 2.26. The van der Waals surface area contributed by atoms with Crippen molar-refractivity contribution in [1.29, 1.82) is 0 Å². The lowest BCUT2D eigenvalue weighted by Crippen LogP contribution is -2.04. The van der Waals surface area contributed by atoms with Gasteiger partial charge < -0.3 is 9.84 Å². The van der Waals surface area contributed by atoms with Crippen LogP contribution in [0.15, 0.2) is 40.9 Å². The highest BCUT2D eigenvalue weighted by Gasteiger charge is 2.13. The lowest BCUT2D eigenvalue weighted by atomic mass is 9.96. The van der Waals surface area contributed by atoms with Gasteiger partial charge in [0.1, 0.15) is 5.75 Å². The average molecular weight is 335 g/mol.